The number of hydrogen-bond acceptors (Lipinski definition) is 5. The van der Waals surface area contributed by atoms with Crippen LogP contribution < -0.4 is 26.6 Å². The summed E-state index contributed by atoms with van der Waals surface area (Å²) in [6.07, 6.45) is 3.95. The second-order valence-electron chi connectivity index (χ2n) is 7.00. The Kier molecular flexibility index (Phi) is 8.64. The Morgan fingerprint density at radius 3 is 2.60 bits per heavy atom. The van der Waals surface area contributed by atoms with Gasteiger partial charge in [-0.25, -0.2) is 9.18 Å². The molecular formula is C21H29FN4O4. The number of H-pyrrole nitrogens is 1. The number of unbranched alkanes of at least 4 members (excludes halogenated alkanes) is 3. The molecular weight excluding hydrogens is 391 g/mol. The van der Waals surface area contributed by atoms with E-state index >= 15 is 0 Å². The molecule has 0 unspecified atom stereocenters. The average Bonchev–Trinajstić information content (AvgIpc) is 2.70. The van der Waals surface area contributed by atoms with Gasteiger partial charge in [0, 0.05) is 19.2 Å². The lowest BCUT2D eigenvalue weighted by Gasteiger charge is -2.24. The fraction of sp³-hybridized carbons (Fsp3) is 0.476. The molecule has 0 saturated heterocycles. The molecule has 0 saturated carbocycles. The van der Waals surface area contributed by atoms with Crippen LogP contribution in [0.4, 0.5) is 15.9 Å². The SMILES string of the molecule is CCCCCN(C(=O)COc1cccc(F)c1)c1c(N)n(CCCC)c(=O)[nH]c1=O. The van der Waals surface area contributed by atoms with Crippen LogP contribution in [0.5, 0.6) is 5.75 Å². The second kappa shape index (κ2) is 11.2. The van der Waals surface area contributed by atoms with Crippen LogP contribution in [0, 0.1) is 5.82 Å². The number of amides is 1. The van der Waals surface area contributed by atoms with Crippen LogP contribution in [-0.4, -0.2) is 28.6 Å². The molecule has 1 heterocycles. The molecule has 3 N–H and O–H groups in total. The molecule has 8 nitrogen and oxygen atoms in total. The quantitative estimate of drug-likeness (QED) is 0.543. The molecule has 0 aliphatic rings. The highest BCUT2D eigenvalue weighted by molar-refractivity contribution is 5.96. The van der Waals surface area contributed by atoms with E-state index in [1.54, 1.807) is 0 Å². The number of nitrogens with two attached hydrogens (primary N) is 1. The van der Waals surface area contributed by atoms with E-state index in [-0.39, 0.29) is 23.8 Å². The minimum absolute atomic E-state index is 0.0483. The Hall–Kier alpha value is -3.10. The first kappa shape index (κ1) is 23.2. The Labute approximate surface area is 174 Å². The highest BCUT2D eigenvalue weighted by atomic mass is 19.1. The molecule has 9 heteroatoms. The highest BCUT2D eigenvalue weighted by Crippen LogP contribution is 2.19. The lowest BCUT2D eigenvalue weighted by molar-refractivity contribution is -0.120. The van der Waals surface area contributed by atoms with E-state index < -0.39 is 29.6 Å². The van der Waals surface area contributed by atoms with Crippen LogP contribution in [0.25, 0.3) is 0 Å². The van der Waals surface area contributed by atoms with Gasteiger partial charge >= 0.3 is 5.69 Å². The minimum atomic E-state index is -0.721. The maximum absolute atomic E-state index is 13.3. The van der Waals surface area contributed by atoms with Gasteiger partial charge in [0.1, 0.15) is 17.4 Å². The maximum atomic E-state index is 13.3. The van der Waals surface area contributed by atoms with Crippen molar-refractivity contribution in [3.05, 3.63) is 50.9 Å². The topological polar surface area (TPSA) is 110 Å². The van der Waals surface area contributed by atoms with Crippen LogP contribution in [0.15, 0.2) is 33.9 Å². The molecule has 0 atom stereocenters. The van der Waals surface area contributed by atoms with Crippen molar-refractivity contribution in [2.24, 2.45) is 0 Å². The number of anilines is 2. The number of aromatic nitrogens is 2. The largest absolute Gasteiger partial charge is 0.484 e. The fourth-order valence-corrected chi connectivity index (χ4v) is 3.04. The zero-order valence-corrected chi connectivity index (χ0v) is 17.4. The molecule has 0 aliphatic heterocycles. The Morgan fingerprint density at radius 2 is 1.93 bits per heavy atom. The molecule has 1 aromatic carbocycles. The normalized spacial score (nSPS) is 10.8. The summed E-state index contributed by atoms with van der Waals surface area (Å²) in [6, 6.07) is 5.44. The van der Waals surface area contributed by atoms with E-state index in [4.69, 9.17) is 10.5 Å². The third-order valence-electron chi connectivity index (χ3n) is 4.66. The number of carbonyl (C=O) groups excluding carboxylic acids is 1. The summed E-state index contributed by atoms with van der Waals surface area (Å²) in [6.45, 7) is 4.17. The lowest BCUT2D eigenvalue weighted by atomic mass is 10.2. The number of rotatable bonds is 11. The molecule has 164 valence electrons. The first-order valence-electron chi connectivity index (χ1n) is 10.2. The van der Waals surface area contributed by atoms with Crippen molar-refractivity contribution in [1.82, 2.24) is 9.55 Å². The van der Waals surface area contributed by atoms with Gasteiger partial charge in [0.15, 0.2) is 12.3 Å². The number of halogens is 1. The minimum Gasteiger partial charge on any atom is -0.484 e. The predicted molar refractivity (Wildman–Crippen MR) is 114 cm³/mol. The van der Waals surface area contributed by atoms with Gasteiger partial charge in [-0.3, -0.25) is 19.1 Å². The maximum Gasteiger partial charge on any atom is 0.330 e. The van der Waals surface area contributed by atoms with Crippen molar-refractivity contribution >= 4 is 17.4 Å². The number of benzene rings is 1. The van der Waals surface area contributed by atoms with Crippen molar-refractivity contribution in [3.63, 3.8) is 0 Å². The average molecular weight is 420 g/mol. The van der Waals surface area contributed by atoms with Crippen molar-refractivity contribution in [2.45, 2.75) is 52.5 Å². The van der Waals surface area contributed by atoms with E-state index in [9.17, 15) is 18.8 Å². The van der Waals surface area contributed by atoms with Crippen LogP contribution in [0.3, 0.4) is 0 Å². The molecule has 0 fully saturated rings. The summed E-state index contributed by atoms with van der Waals surface area (Å²) in [7, 11) is 0. The molecule has 0 spiro atoms. The number of ether oxygens (including phenoxy) is 1. The smallest absolute Gasteiger partial charge is 0.330 e. The Bertz CT molecular complexity index is 970. The first-order valence-corrected chi connectivity index (χ1v) is 10.2. The van der Waals surface area contributed by atoms with E-state index in [0.717, 1.165) is 19.3 Å². The van der Waals surface area contributed by atoms with Gasteiger partial charge in [0.05, 0.1) is 0 Å². The molecule has 0 bridgehead atoms. The van der Waals surface area contributed by atoms with Gasteiger partial charge in [-0.05, 0) is 25.0 Å². The van der Waals surface area contributed by atoms with Crippen molar-refractivity contribution in [1.29, 1.82) is 0 Å². The first-order chi connectivity index (χ1) is 14.4. The predicted octanol–water partition coefficient (Wildman–Crippen LogP) is 2.66. The summed E-state index contributed by atoms with van der Waals surface area (Å²) in [5.74, 6) is -0.837. The zero-order valence-electron chi connectivity index (χ0n) is 17.4. The number of nitrogens with zero attached hydrogens (tertiary/aromatic N) is 2. The van der Waals surface area contributed by atoms with E-state index in [0.29, 0.717) is 19.4 Å². The van der Waals surface area contributed by atoms with E-state index in [1.165, 1.54) is 33.7 Å². The Balaban J connectivity index is 2.34. The molecule has 2 aromatic rings. The van der Waals surface area contributed by atoms with Crippen molar-refractivity contribution in [3.8, 4) is 5.75 Å². The standard InChI is InChI=1S/C21H29FN4O4/c1-3-5-7-12-25(17(27)14-30-16-10-8-9-15(22)13-16)18-19(23)26(11-6-4-2)21(29)24-20(18)28/h8-10,13H,3-7,11-12,14,23H2,1-2H3,(H,24,28,29). The summed E-state index contributed by atoms with van der Waals surface area (Å²) < 4.78 is 20.0. The van der Waals surface area contributed by atoms with Gasteiger partial charge in [0.25, 0.3) is 11.5 Å². The van der Waals surface area contributed by atoms with Crippen LogP contribution in [-0.2, 0) is 11.3 Å². The molecule has 30 heavy (non-hydrogen) atoms. The van der Waals surface area contributed by atoms with Crippen LogP contribution >= 0.6 is 0 Å². The van der Waals surface area contributed by atoms with Crippen molar-refractivity contribution in [2.75, 3.05) is 23.8 Å². The van der Waals surface area contributed by atoms with Gasteiger partial charge in [0.2, 0.25) is 0 Å². The highest BCUT2D eigenvalue weighted by Gasteiger charge is 2.24. The number of nitrogen functional groups attached to an aromatic ring is 1. The van der Waals surface area contributed by atoms with Crippen molar-refractivity contribution < 1.29 is 13.9 Å². The Morgan fingerprint density at radius 1 is 1.20 bits per heavy atom. The number of aromatic amines is 1. The summed E-state index contributed by atoms with van der Waals surface area (Å²) >= 11 is 0. The van der Waals surface area contributed by atoms with Gasteiger partial charge < -0.3 is 15.4 Å². The summed E-state index contributed by atoms with van der Waals surface area (Å²) in [5, 5.41) is 0. The number of nitrogens with one attached hydrogen (secondary N) is 1. The number of carbonyl (C=O) groups is 1. The zero-order chi connectivity index (χ0) is 22.1. The third kappa shape index (κ3) is 5.95. The molecule has 1 aromatic heterocycles. The lowest BCUT2D eigenvalue weighted by Crippen LogP contribution is -2.43. The fourth-order valence-electron chi connectivity index (χ4n) is 3.04. The molecule has 2 rings (SSSR count). The van der Waals surface area contributed by atoms with Gasteiger partial charge in [-0.15, -0.1) is 0 Å². The van der Waals surface area contributed by atoms with Gasteiger partial charge in [-0.2, -0.15) is 0 Å². The monoisotopic (exact) mass is 420 g/mol. The van der Waals surface area contributed by atoms with E-state index in [1.807, 2.05) is 13.8 Å². The summed E-state index contributed by atoms with van der Waals surface area (Å²) in [5.41, 5.74) is 4.77. The van der Waals surface area contributed by atoms with E-state index in [2.05, 4.69) is 4.98 Å². The molecule has 0 aliphatic carbocycles. The molecule has 1 amide bonds. The number of hydrogen-bond donors (Lipinski definition) is 2. The third-order valence-corrected chi connectivity index (χ3v) is 4.66. The summed E-state index contributed by atoms with van der Waals surface area (Å²) in [4.78, 5) is 41.2. The molecule has 0 radical (unpaired) electrons. The van der Waals surface area contributed by atoms with Crippen LogP contribution in [0.1, 0.15) is 46.0 Å². The van der Waals surface area contributed by atoms with Gasteiger partial charge in [-0.1, -0.05) is 39.2 Å². The second-order valence-corrected chi connectivity index (χ2v) is 7.00. The van der Waals surface area contributed by atoms with Crippen LogP contribution in [0.2, 0.25) is 0 Å².